The molecule has 0 aromatic rings. The van der Waals surface area contributed by atoms with Gasteiger partial charge >= 0.3 is 0 Å². The fraction of sp³-hybridized carbons (Fsp3) is 0.600. The lowest BCUT2D eigenvalue weighted by Gasteiger charge is -2.34. The highest BCUT2D eigenvalue weighted by atomic mass is 16.1. The Morgan fingerprint density at radius 1 is 1.33 bits per heavy atom. The lowest BCUT2D eigenvalue weighted by molar-refractivity contribution is -0.102. The summed E-state index contributed by atoms with van der Waals surface area (Å²) < 4.78 is 0. The largest absolute Gasteiger partial charge is 0.372 e. The maximum Gasteiger partial charge on any atom is 0.168 e. The van der Waals surface area contributed by atoms with Gasteiger partial charge in [0.05, 0.1) is 0 Å². The Kier molecular flexibility index (Phi) is 10.1. The Balaban J connectivity index is 0. The second-order valence-electron chi connectivity index (χ2n) is 5.08. The summed E-state index contributed by atoms with van der Waals surface area (Å²) in [5.41, 5.74) is 1.39. The molecule has 0 aromatic heterocycles. The number of hydrogen-bond donors (Lipinski definition) is 0. The normalized spacial score (nSPS) is 12.4. The number of nitrogens with zero attached hydrogens (tertiary/aromatic N) is 2. The fourth-order valence-corrected chi connectivity index (χ4v) is 0.915. The topological polar surface area (TPSA) is 32.7 Å². The average Bonchev–Trinajstić information content (AvgIpc) is 2.29. The number of aliphatic imine (C=N–C) groups is 1. The third kappa shape index (κ3) is 8.74. The van der Waals surface area contributed by atoms with E-state index in [1.165, 1.54) is 12.5 Å². The van der Waals surface area contributed by atoms with Crippen LogP contribution >= 0.6 is 0 Å². The first-order valence-corrected chi connectivity index (χ1v) is 6.30. The van der Waals surface area contributed by atoms with Gasteiger partial charge in [-0.25, -0.2) is 0 Å². The molecule has 0 radical (unpaired) electrons. The predicted molar refractivity (Wildman–Crippen MR) is 80.9 cm³/mol. The zero-order valence-electron chi connectivity index (χ0n) is 12.9. The molecule has 0 rings (SSSR count). The van der Waals surface area contributed by atoms with Gasteiger partial charge in [-0.3, -0.25) is 9.79 Å². The lowest BCUT2D eigenvalue weighted by atomic mass is 10.1. The van der Waals surface area contributed by atoms with E-state index in [1.807, 2.05) is 14.0 Å². The summed E-state index contributed by atoms with van der Waals surface area (Å²) in [5.74, 6) is 0. The first-order chi connectivity index (χ1) is 8.24. The minimum absolute atomic E-state index is 0.0472. The minimum atomic E-state index is 0.0472. The molecule has 0 saturated heterocycles. The molecule has 0 aliphatic rings. The molecule has 0 heterocycles. The van der Waals surface area contributed by atoms with Crippen molar-refractivity contribution in [2.45, 2.75) is 53.5 Å². The van der Waals surface area contributed by atoms with Crippen LogP contribution < -0.4 is 0 Å². The van der Waals surface area contributed by atoms with Gasteiger partial charge in [-0.15, -0.1) is 0 Å². The van der Waals surface area contributed by atoms with Gasteiger partial charge in [-0.05, 0) is 33.8 Å². The number of rotatable bonds is 4. The van der Waals surface area contributed by atoms with Gasteiger partial charge in [0.1, 0.15) is 5.71 Å². The van der Waals surface area contributed by atoms with Crippen LogP contribution in [-0.4, -0.2) is 29.5 Å². The van der Waals surface area contributed by atoms with Crippen molar-refractivity contribution in [3.05, 3.63) is 24.6 Å². The van der Waals surface area contributed by atoms with E-state index < -0.39 is 0 Å². The standard InChI is InChI=1S/C12H20N2O.C3H8/c1-7-11(9-15)13-8-10(2)14(6)12(3,4)5;1-3-2/h7-9H,1H2,2-6H3;3H2,1-2H3/b10-8+,13-11?;. The highest BCUT2D eigenvalue weighted by Crippen LogP contribution is 2.16. The van der Waals surface area contributed by atoms with Gasteiger partial charge < -0.3 is 4.90 Å². The van der Waals surface area contributed by atoms with E-state index in [2.05, 4.69) is 51.1 Å². The Morgan fingerprint density at radius 2 is 1.78 bits per heavy atom. The lowest BCUT2D eigenvalue weighted by Crippen LogP contribution is -2.36. The van der Waals surface area contributed by atoms with Crippen LogP contribution in [0.4, 0.5) is 0 Å². The fourth-order valence-electron chi connectivity index (χ4n) is 0.915. The van der Waals surface area contributed by atoms with Crippen molar-refractivity contribution >= 4 is 12.0 Å². The quantitative estimate of drug-likeness (QED) is 0.563. The van der Waals surface area contributed by atoms with Crippen LogP contribution in [0.25, 0.3) is 0 Å². The molecule has 18 heavy (non-hydrogen) atoms. The SMILES string of the molecule is C=CC(C=O)=N/C=C(\C)N(C)C(C)(C)C.CCC. The summed E-state index contributed by atoms with van der Waals surface area (Å²) in [6.45, 7) is 16.0. The van der Waals surface area contributed by atoms with Crippen LogP contribution in [0.1, 0.15) is 48.0 Å². The molecular weight excluding hydrogens is 224 g/mol. The van der Waals surface area contributed by atoms with Gasteiger partial charge in [0.15, 0.2) is 6.29 Å². The molecule has 0 N–H and O–H groups in total. The van der Waals surface area contributed by atoms with Crippen LogP contribution in [0.5, 0.6) is 0 Å². The van der Waals surface area contributed by atoms with Crippen LogP contribution in [0.3, 0.4) is 0 Å². The Morgan fingerprint density at radius 3 is 2.06 bits per heavy atom. The van der Waals surface area contributed by atoms with E-state index in [4.69, 9.17) is 0 Å². The molecular formula is C15H28N2O. The summed E-state index contributed by atoms with van der Waals surface area (Å²) in [4.78, 5) is 16.6. The molecule has 104 valence electrons. The smallest absolute Gasteiger partial charge is 0.168 e. The zero-order valence-corrected chi connectivity index (χ0v) is 12.9. The highest BCUT2D eigenvalue weighted by molar-refractivity contribution is 6.33. The molecule has 0 aliphatic carbocycles. The molecule has 0 spiro atoms. The summed E-state index contributed by atoms with van der Waals surface area (Å²) in [7, 11) is 2.00. The molecule has 0 atom stereocenters. The van der Waals surface area contributed by atoms with Crippen molar-refractivity contribution in [3.63, 3.8) is 0 Å². The van der Waals surface area contributed by atoms with Crippen LogP contribution in [0.2, 0.25) is 0 Å². The Labute approximate surface area is 112 Å². The van der Waals surface area contributed by atoms with E-state index in [0.717, 1.165) is 5.70 Å². The Hall–Kier alpha value is -1.38. The third-order valence-electron chi connectivity index (χ3n) is 2.27. The Bertz CT molecular complexity index is 299. The molecule has 3 nitrogen and oxygen atoms in total. The van der Waals surface area contributed by atoms with Crippen molar-refractivity contribution in [2.24, 2.45) is 4.99 Å². The zero-order chi connectivity index (χ0) is 14.8. The molecule has 0 amide bonds. The van der Waals surface area contributed by atoms with Crippen molar-refractivity contribution in [1.29, 1.82) is 0 Å². The van der Waals surface area contributed by atoms with Gasteiger partial charge in [-0.1, -0.05) is 26.8 Å². The summed E-state index contributed by atoms with van der Waals surface area (Å²) >= 11 is 0. The van der Waals surface area contributed by atoms with Gasteiger partial charge in [0.2, 0.25) is 0 Å². The number of allylic oxidation sites excluding steroid dienone is 2. The van der Waals surface area contributed by atoms with E-state index in [9.17, 15) is 4.79 Å². The maximum atomic E-state index is 10.5. The van der Waals surface area contributed by atoms with E-state index in [0.29, 0.717) is 12.0 Å². The minimum Gasteiger partial charge on any atom is -0.372 e. The second-order valence-corrected chi connectivity index (χ2v) is 5.08. The van der Waals surface area contributed by atoms with Gasteiger partial charge in [0.25, 0.3) is 0 Å². The van der Waals surface area contributed by atoms with Crippen molar-refractivity contribution < 1.29 is 4.79 Å². The number of aldehydes is 1. The molecule has 0 aliphatic heterocycles. The first kappa shape index (κ1) is 19.0. The van der Waals surface area contributed by atoms with Gasteiger partial charge in [0, 0.05) is 24.5 Å². The van der Waals surface area contributed by atoms with Crippen molar-refractivity contribution in [3.8, 4) is 0 Å². The molecule has 0 bridgehead atoms. The van der Waals surface area contributed by atoms with Crippen LogP contribution in [0, 0.1) is 0 Å². The predicted octanol–water partition coefficient (Wildman–Crippen LogP) is 3.82. The average molecular weight is 252 g/mol. The number of carbonyl (C=O) groups is 1. The van der Waals surface area contributed by atoms with Gasteiger partial charge in [-0.2, -0.15) is 0 Å². The molecule has 0 unspecified atom stereocenters. The summed E-state index contributed by atoms with van der Waals surface area (Å²) in [5, 5.41) is 0. The molecule has 3 heteroatoms. The summed E-state index contributed by atoms with van der Waals surface area (Å²) in [6, 6.07) is 0. The maximum absolute atomic E-state index is 10.5. The third-order valence-corrected chi connectivity index (χ3v) is 2.27. The molecule has 0 aromatic carbocycles. The van der Waals surface area contributed by atoms with Crippen molar-refractivity contribution in [1.82, 2.24) is 4.90 Å². The monoisotopic (exact) mass is 252 g/mol. The van der Waals surface area contributed by atoms with E-state index >= 15 is 0 Å². The number of hydrogen-bond acceptors (Lipinski definition) is 3. The number of carbonyl (C=O) groups excluding carboxylic acids is 1. The highest BCUT2D eigenvalue weighted by Gasteiger charge is 2.16. The van der Waals surface area contributed by atoms with Crippen LogP contribution in [-0.2, 0) is 4.79 Å². The van der Waals surface area contributed by atoms with Crippen molar-refractivity contribution in [2.75, 3.05) is 7.05 Å². The molecule has 0 saturated carbocycles. The first-order valence-electron chi connectivity index (χ1n) is 6.30. The second kappa shape index (κ2) is 9.63. The van der Waals surface area contributed by atoms with E-state index in [-0.39, 0.29) is 5.54 Å². The van der Waals surface area contributed by atoms with Crippen LogP contribution in [0.15, 0.2) is 29.5 Å². The summed E-state index contributed by atoms with van der Waals surface area (Å²) in [6.07, 6.45) is 5.05. The van der Waals surface area contributed by atoms with E-state index in [1.54, 1.807) is 6.20 Å². The molecule has 0 fully saturated rings.